The van der Waals surface area contributed by atoms with Crippen LogP contribution in [0.5, 0.6) is 5.75 Å². The molecule has 2 rings (SSSR count). The first kappa shape index (κ1) is 13.4. The highest BCUT2D eigenvalue weighted by molar-refractivity contribution is 5.81. The minimum Gasteiger partial charge on any atom is -0.496 e. The van der Waals surface area contributed by atoms with Crippen molar-refractivity contribution in [1.29, 1.82) is 0 Å². The molecule has 5 heteroatoms. The molecule has 19 heavy (non-hydrogen) atoms. The number of para-hydroxylation sites is 1. The van der Waals surface area contributed by atoms with Gasteiger partial charge in [-0.2, -0.15) is 0 Å². The molecule has 0 heterocycles. The predicted octanol–water partition coefficient (Wildman–Crippen LogP) is 1.67. The minimum atomic E-state index is -0.961. The highest BCUT2D eigenvalue weighted by Crippen LogP contribution is 2.48. The van der Waals surface area contributed by atoms with Crippen LogP contribution in [-0.4, -0.2) is 24.1 Å². The zero-order valence-corrected chi connectivity index (χ0v) is 10.8. The topological polar surface area (TPSA) is 75.6 Å². The molecule has 0 unspecified atom stereocenters. The van der Waals surface area contributed by atoms with Crippen molar-refractivity contribution in [3.05, 3.63) is 29.8 Å². The lowest BCUT2D eigenvalue weighted by Gasteiger charge is -2.20. The summed E-state index contributed by atoms with van der Waals surface area (Å²) in [7, 11) is 1.60. The minimum absolute atomic E-state index is 0.00618. The van der Waals surface area contributed by atoms with Gasteiger partial charge in [0.05, 0.1) is 19.1 Å². The van der Waals surface area contributed by atoms with E-state index in [-0.39, 0.29) is 24.3 Å². The van der Waals surface area contributed by atoms with Crippen molar-refractivity contribution in [3.8, 4) is 5.75 Å². The molecular formula is C14H17NO4. The first-order valence-electron chi connectivity index (χ1n) is 6.24. The third-order valence-corrected chi connectivity index (χ3v) is 3.32. The molecule has 1 fully saturated rings. The van der Waals surface area contributed by atoms with Gasteiger partial charge in [0.2, 0.25) is 5.91 Å². The van der Waals surface area contributed by atoms with Gasteiger partial charge in [0.1, 0.15) is 5.75 Å². The lowest BCUT2D eigenvalue weighted by Crippen LogP contribution is -2.35. The Kier molecular flexibility index (Phi) is 3.74. The molecule has 0 radical (unpaired) electrons. The fourth-order valence-corrected chi connectivity index (χ4v) is 2.18. The van der Waals surface area contributed by atoms with Gasteiger partial charge in [-0.25, -0.2) is 0 Å². The maximum atomic E-state index is 11.8. The lowest BCUT2D eigenvalue weighted by molar-refractivity contribution is -0.139. The van der Waals surface area contributed by atoms with Crippen LogP contribution in [0.4, 0.5) is 0 Å². The number of methoxy groups -OCH3 is 1. The Morgan fingerprint density at radius 1 is 1.32 bits per heavy atom. The van der Waals surface area contributed by atoms with E-state index in [0.717, 1.165) is 24.2 Å². The number of carboxylic acids is 1. The second-order valence-electron chi connectivity index (χ2n) is 4.72. The van der Waals surface area contributed by atoms with Gasteiger partial charge in [-0.1, -0.05) is 18.2 Å². The molecule has 1 aromatic rings. The maximum absolute atomic E-state index is 11.8. The normalized spacial score (nSPS) is 15.6. The second kappa shape index (κ2) is 5.30. The Morgan fingerprint density at radius 3 is 2.58 bits per heavy atom. The van der Waals surface area contributed by atoms with E-state index in [4.69, 9.17) is 9.84 Å². The zero-order valence-electron chi connectivity index (χ0n) is 10.8. The molecule has 1 saturated carbocycles. The first-order valence-corrected chi connectivity index (χ1v) is 6.24. The van der Waals surface area contributed by atoms with Crippen LogP contribution in [0.2, 0.25) is 0 Å². The highest BCUT2D eigenvalue weighted by atomic mass is 16.5. The van der Waals surface area contributed by atoms with Crippen LogP contribution in [0.3, 0.4) is 0 Å². The van der Waals surface area contributed by atoms with Crippen molar-refractivity contribution < 1.29 is 19.4 Å². The van der Waals surface area contributed by atoms with Crippen LogP contribution < -0.4 is 10.1 Å². The molecule has 102 valence electrons. The summed E-state index contributed by atoms with van der Waals surface area (Å²) in [6, 6.07) is 7.58. The Labute approximate surface area is 111 Å². The maximum Gasteiger partial charge on any atom is 0.303 e. The third kappa shape index (κ3) is 3.05. The number of benzene rings is 1. The number of hydrogen-bond acceptors (Lipinski definition) is 3. The van der Waals surface area contributed by atoms with Crippen LogP contribution in [0, 0.1) is 0 Å². The second-order valence-corrected chi connectivity index (χ2v) is 4.72. The summed E-state index contributed by atoms with van der Waals surface area (Å²) in [5.41, 5.74) is 0.587. The van der Waals surface area contributed by atoms with E-state index in [1.807, 2.05) is 24.3 Å². The Balaban J connectivity index is 2.07. The van der Waals surface area contributed by atoms with Gasteiger partial charge in [0, 0.05) is 12.0 Å². The number of hydrogen-bond donors (Lipinski definition) is 2. The summed E-state index contributed by atoms with van der Waals surface area (Å²) in [5.74, 6) is -0.443. The average Bonchev–Trinajstić information content (AvgIpc) is 3.17. The lowest BCUT2D eigenvalue weighted by atomic mass is 10.0. The fourth-order valence-electron chi connectivity index (χ4n) is 2.18. The van der Waals surface area contributed by atoms with Gasteiger partial charge in [0.25, 0.3) is 0 Å². The number of amides is 1. The molecule has 1 aromatic carbocycles. The third-order valence-electron chi connectivity index (χ3n) is 3.32. The van der Waals surface area contributed by atoms with Gasteiger partial charge in [-0.15, -0.1) is 0 Å². The number of ether oxygens (including phenoxy) is 1. The van der Waals surface area contributed by atoms with Gasteiger partial charge in [-0.05, 0) is 18.9 Å². The summed E-state index contributed by atoms with van der Waals surface area (Å²) in [4.78, 5) is 22.2. The monoisotopic (exact) mass is 263 g/mol. The predicted molar refractivity (Wildman–Crippen MR) is 68.9 cm³/mol. The van der Waals surface area contributed by atoms with Crippen LogP contribution in [0.1, 0.15) is 31.2 Å². The van der Waals surface area contributed by atoms with Gasteiger partial charge in [-0.3, -0.25) is 9.59 Å². The van der Waals surface area contributed by atoms with Crippen LogP contribution in [0.15, 0.2) is 24.3 Å². The summed E-state index contributed by atoms with van der Waals surface area (Å²) in [5, 5.41) is 11.5. The number of nitrogens with one attached hydrogen (secondary N) is 1. The van der Waals surface area contributed by atoms with E-state index in [9.17, 15) is 9.59 Å². The molecule has 1 aliphatic carbocycles. The summed E-state index contributed by atoms with van der Waals surface area (Å²) < 4.78 is 5.31. The number of aliphatic carboxylic acids is 1. The molecule has 1 amide bonds. The summed E-state index contributed by atoms with van der Waals surface area (Å²) >= 11 is 0. The largest absolute Gasteiger partial charge is 0.496 e. The van der Waals surface area contributed by atoms with Crippen LogP contribution >= 0.6 is 0 Å². The summed E-state index contributed by atoms with van der Waals surface area (Å²) in [6.45, 7) is 0. The highest BCUT2D eigenvalue weighted by Gasteiger charge is 2.47. The van der Waals surface area contributed by atoms with E-state index >= 15 is 0 Å². The molecule has 0 atom stereocenters. The van der Waals surface area contributed by atoms with Crippen molar-refractivity contribution >= 4 is 11.9 Å². The van der Waals surface area contributed by atoms with E-state index in [2.05, 4.69) is 5.32 Å². The number of rotatable bonds is 6. The van der Waals surface area contributed by atoms with E-state index in [0.29, 0.717) is 0 Å². The molecule has 0 aliphatic heterocycles. The Hall–Kier alpha value is -2.04. The average molecular weight is 263 g/mol. The molecule has 5 nitrogen and oxygen atoms in total. The van der Waals surface area contributed by atoms with Crippen molar-refractivity contribution in [2.45, 2.75) is 31.2 Å². The van der Waals surface area contributed by atoms with Crippen LogP contribution in [0.25, 0.3) is 0 Å². The molecule has 0 spiro atoms. The molecule has 0 saturated heterocycles. The molecule has 1 aliphatic rings. The number of carbonyl (C=O) groups excluding carboxylic acids is 1. The van der Waals surface area contributed by atoms with E-state index < -0.39 is 5.97 Å². The zero-order chi connectivity index (χ0) is 13.9. The summed E-state index contributed by atoms with van der Waals surface area (Å²) in [6.07, 6.45) is 1.57. The quantitative estimate of drug-likeness (QED) is 0.818. The fraction of sp³-hybridized carbons (Fsp3) is 0.429. The molecule has 0 bridgehead atoms. The Bertz CT molecular complexity index is 494. The molecular weight excluding hydrogens is 246 g/mol. The van der Waals surface area contributed by atoms with Crippen molar-refractivity contribution in [1.82, 2.24) is 5.32 Å². The van der Waals surface area contributed by atoms with E-state index in [1.165, 1.54) is 0 Å². The standard InChI is InChI=1S/C14H17NO4/c1-19-11-5-3-2-4-10(11)14(8-9-14)15-12(16)6-7-13(17)18/h2-5H,6-9H2,1H3,(H,15,16)(H,17,18). The van der Waals surface area contributed by atoms with Gasteiger partial charge >= 0.3 is 5.97 Å². The van der Waals surface area contributed by atoms with Gasteiger partial charge in [0.15, 0.2) is 0 Å². The number of carbonyl (C=O) groups is 2. The van der Waals surface area contributed by atoms with E-state index in [1.54, 1.807) is 7.11 Å². The first-order chi connectivity index (χ1) is 9.07. The smallest absolute Gasteiger partial charge is 0.303 e. The molecule has 2 N–H and O–H groups in total. The SMILES string of the molecule is COc1ccccc1C1(NC(=O)CCC(=O)O)CC1. The molecule has 0 aromatic heterocycles. The van der Waals surface area contributed by atoms with Crippen molar-refractivity contribution in [3.63, 3.8) is 0 Å². The van der Waals surface area contributed by atoms with Crippen molar-refractivity contribution in [2.24, 2.45) is 0 Å². The van der Waals surface area contributed by atoms with Gasteiger partial charge < -0.3 is 15.2 Å². The number of carboxylic acid groups (broad SMARTS) is 1. The van der Waals surface area contributed by atoms with Crippen molar-refractivity contribution in [2.75, 3.05) is 7.11 Å². The Morgan fingerprint density at radius 2 is 2.00 bits per heavy atom. The van der Waals surface area contributed by atoms with Crippen LogP contribution in [-0.2, 0) is 15.1 Å².